The van der Waals surface area contributed by atoms with Crippen molar-refractivity contribution in [2.75, 3.05) is 18.2 Å². The van der Waals surface area contributed by atoms with Gasteiger partial charge in [0.15, 0.2) is 6.61 Å². The van der Waals surface area contributed by atoms with E-state index in [1.54, 1.807) is 17.8 Å². The van der Waals surface area contributed by atoms with Crippen molar-refractivity contribution in [1.29, 1.82) is 5.26 Å². The number of carbonyl (C=O) groups excluding carboxylic acids is 1. The Kier molecular flexibility index (Phi) is 3.20. The van der Waals surface area contributed by atoms with E-state index in [0.29, 0.717) is 0 Å². The number of hydrogen-bond donors (Lipinski definition) is 1. The fourth-order valence-corrected chi connectivity index (χ4v) is 1.68. The first-order valence-corrected chi connectivity index (χ1v) is 4.35. The molecular weight excluding hydrogens is 164 g/mol. The molecule has 1 unspecified atom stereocenters. The van der Waals surface area contributed by atoms with Gasteiger partial charge in [-0.3, -0.25) is 10.1 Å². The summed E-state index contributed by atoms with van der Waals surface area (Å²) in [5.74, 6) is 1.20. The number of carbonyl (C=O) groups is 1. The fraction of sp³-hybridized carbons (Fsp3) is 0.667. The fourth-order valence-electron chi connectivity index (χ4n) is 0.751. The van der Waals surface area contributed by atoms with Crippen molar-refractivity contribution in [3.63, 3.8) is 0 Å². The van der Waals surface area contributed by atoms with Gasteiger partial charge in [0.1, 0.15) is 12.1 Å². The zero-order chi connectivity index (χ0) is 8.10. The quantitative estimate of drug-likeness (QED) is 0.580. The minimum atomic E-state index is -0.323. The van der Waals surface area contributed by atoms with E-state index in [4.69, 9.17) is 5.26 Å². The van der Waals surface area contributed by atoms with E-state index >= 15 is 0 Å². The number of hydrogen-bond acceptors (Lipinski definition) is 5. The lowest BCUT2D eigenvalue weighted by Gasteiger charge is -2.05. The number of esters is 1. The van der Waals surface area contributed by atoms with Gasteiger partial charge < -0.3 is 4.74 Å². The van der Waals surface area contributed by atoms with Crippen LogP contribution in [-0.2, 0) is 9.53 Å². The summed E-state index contributed by atoms with van der Waals surface area (Å²) in [6.45, 7) is -0.151. The van der Waals surface area contributed by atoms with Crippen LogP contribution in [0.15, 0.2) is 0 Å². The number of nitrogens with one attached hydrogen (secondary N) is 1. The van der Waals surface area contributed by atoms with Crippen LogP contribution in [0.5, 0.6) is 0 Å². The minimum absolute atomic E-state index is 0.151. The molecule has 0 saturated carbocycles. The van der Waals surface area contributed by atoms with E-state index in [2.05, 4.69) is 10.1 Å². The molecule has 1 heterocycles. The van der Waals surface area contributed by atoms with E-state index < -0.39 is 0 Å². The molecule has 1 fully saturated rings. The van der Waals surface area contributed by atoms with Gasteiger partial charge in [0, 0.05) is 11.6 Å². The van der Waals surface area contributed by atoms with Crippen molar-refractivity contribution in [3.05, 3.63) is 0 Å². The Bertz CT molecular complexity index is 184. The van der Waals surface area contributed by atoms with Crippen LogP contribution in [-0.4, -0.2) is 30.2 Å². The smallest absolute Gasteiger partial charge is 0.325 e. The highest BCUT2D eigenvalue weighted by Gasteiger charge is 2.23. The van der Waals surface area contributed by atoms with Gasteiger partial charge in [-0.1, -0.05) is 0 Å². The van der Waals surface area contributed by atoms with Crippen LogP contribution >= 0.6 is 11.8 Å². The molecule has 1 saturated heterocycles. The summed E-state index contributed by atoms with van der Waals surface area (Å²) in [5.41, 5.74) is 0. The molecular formula is C6H8N2O2S. The first-order valence-electron chi connectivity index (χ1n) is 3.19. The molecule has 11 heavy (non-hydrogen) atoms. The van der Waals surface area contributed by atoms with Crippen molar-refractivity contribution in [3.8, 4) is 6.07 Å². The van der Waals surface area contributed by atoms with Gasteiger partial charge in [-0.15, -0.1) is 11.8 Å². The maximum Gasteiger partial charge on any atom is 0.325 e. The molecule has 0 aromatic carbocycles. The largest absolute Gasteiger partial charge is 0.449 e. The van der Waals surface area contributed by atoms with Gasteiger partial charge in [-0.25, -0.2) is 0 Å². The van der Waals surface area contributed by atoms with Crippen LogP contribution in [0.3, 0.4) is 0 Å². The van der Waals surface area contributed by atoms with Gasteiger partial charge in [0.2, 0.25) is 0 Å². The highest BCUT2D eigenvalue weighted by atomic mass is 32.2. The third kappa shape index (κ3) is 2.41. The normalized spacial score (nSPS) is 22.6. The Morgan fingerprint density at radius 1 is 1.91 bits per heavy atom. The van der Waals surface area contributed by atoms with E-state index in [9.17, 15) is 4.79 Å². The molecule has 0 spiro atoms. The Morgan fingerprint density at radius 2 is 2.73 bits per heavy atom. The highest BCUT2D eigenvalue weighted by molar-refractivity contribution is 7.99. The number of nitriles is 1. The molecule has 5 heteroatoms. The summed E-state index contributed by atoms with van der Waals surface area (Å²) >= 11 is 1.65. The third-order valence-corrected chi connectivity index (χ3v) is 2.22. The van der Waals surface area contributed by atoms with Crippen molar-refractivity contribution in [2.45, 2.75) is 6.04 Å². The number of ether oxygens (including phenoxy) is 1. The maximum absolute atomic E-state index is 11.0. The molecule has 60 valence electrons. The number of thioether (sulfide) groups is 1. The molecule has 4 nitrogen and oxygen atoms in total. The lowest BCUT2D eigenvalue weighted by atomic mass is 10.3. The Balaban J connectivity index is 2.24. The van der Waals surface area contributed by atoms with Crippen LogP contribution in [0.25, 0.3) is 0 Å². The molecule has 0 bridgehead atoms. The SMILES string of the molecule is N#CCOC(=O)C1CSCN1. The summed E-state index contributed by atoms with van der Waals surface area (Å²) in [5, 5.41) is 11.0. The zero-order valence-electron chi connectivity index (χ0n) is 5.87. The number of rotatable bonds is 2. The van der Waals surface area contributed by atoms with Gasteiger partial charge in [-0.2, -0.15) is 5.26 Å². The number of nitrogens with zero attached hydrogens (tertiary/aromatic N) is 1. The Labute approximate surface area is 68.9 Å². The van der Waals surface area contributed by atoms with Crippen molar-refractivity contribution in [2.24, 2.45) is 0 Å². The van der Waals surface area contributed by atoms with Gasteiger partial charge in [0.25, 0.3) is 0 Å². The van der Waals surface area contributed by atoms with Gasteiger partial charge in [-0.05, 0) is 0 Å². The van der Waals surface area contributed by atoms with Gasteiger partial charge in [0.05, 0.1) is 0 Å². The zero-order valence-corrected chi connectivity index (χ0v) is 6.69. The lowest BCUT2D eigenvalue weighted by molar-refractivity contribution is -0.143. The van der Waals surface area contributed by atoms with Gasteiger partial charge >= 0.3 is 5.97 Å². The van der Waals surface area contributed by atoms with E-state index in [1.807, 2.05) is 0 Å². The molecule has 1 aliphatic heterocycles. The first-order chi connectivity index (χ1) is 5.34. The molecule has 1 aliphatic rings. The minimum Gasteiger partial charge on any atom is -0.449 e. The van der Waals surface area contributed by atoms with Crippen LogP contribution in [0.2, 0.25) is 0 Å². The first kappa shape index (κ1) is 8.37. The second-order valence-electron chi connectivity index (χ2n) is 2.04. The molecule has 0 aliphatic carbocycles. The Hall–Kier alpha value is -0.730. The van der Waals surface area contributed by atoms with Crippen LogP contribution in [0.4, 0.5) is 0 Å². The summed E-state index contributed by atoms with van der Waals surface area (Å²) in [4.78, 5) is 11.0. The highest BCUT2D eigenvalue weighted by Crippen LogP contribution is 2.10. The van der Waals surface area contributed by atoms with Crippen LogP contribution in [0.1, 0.15) is 0 Å². The molecule has 0 radical (unpaired) electrons. The van der Waals surface area contributed by atoms with E-state index in [0.717, 1.165) is 11.6 Å². The van der Waals surface area contributed by atoms with E-state index in [-0.39, 0.29) is 18.6 Å². The molecule has 1 N–H and O–H groups in total. The van der Waals surface area contributed by atoms with Crippen molar-refractivity contribution in [1.82, 2.24) is 5.32 Å². The summed E-state index contributed by atoms with van der Waals surface area (Å²) in [6.07, 6.45) is 0. The molecule has 0 amide bonds. The second kappa shape index (κ2) is 4.21. The van der Waals surface area contributed by atoms with Crippen LogP contribution < -0.4 is 5.32 Å². The maximum atomic E-state index is 11.0. The summed E-state index contributed by atoms with van der Waals surface area (Å²) in [6, 6.07) is 1.53. The monoisotopic (exact) mass is 172 g/mol. The third-order valence-electron chi connectivity index (χ3n) is 1.28. The lowest BCUT2D eigenvalue weighted by Crippen LogP contribution is -2.34. The molecule has 0 aromatic heterocycles. The van der Waals surface area contributed by atoms with E-state index in [1.165, 1.54) is 0 Å². The average molecular weight is 172 g/mol. The summed E-state index contributed by atoms with van der Waals surface area (Å²) < 4.78 is 4.60. The second-order valence-corrected chi connectivity index (χ2v) is 3.07. The van der Waals surface area contributed by atoms with Crippen molar-refractivity contribution >= 4 is 17.7 Å². The average Bonchev–Trinajstić information content (AvgIpc) is 2.52. The predicted octanol–water partition coefficient (Wildman–Crippen LogP) is -0.284. The summed E-state index contributed by atoms with van der Waals surface area (Å²) in [7, 11) is 0. The molecule has 1 rings (SSSR count). The Morgan fingerprint density at radius 3 is 3.27 bits per heavy atom. The van der Waals surface area contributed by atoms with Crippen LogP contribution in [0, 0.1) is 11.3 Å². The van der Waals surface area contributed by atoms with Crippen molar-refractivity contribution < 1.29 is 9.53 Å². The standard InChI is InChI=1S/C6H8N2O2S/c7-1-2-10-6(9)5-3-11-4-8-5/h5,8H,2-4H2. The topological polar surface area (TPSA) is 62.1 Å². The molecule has 0 aromatic rings. The molecule has 1 atom stereocenters. The predicted molar refractivity (Wildman–Crippen MR) is 40.8 cm³/mol.